The summed E-state index contributed by atoms with van der Waals surface area (Å²) in [7, 11) is 1.90. The summed E-state index contributed by atoms with van der Waals surface area (Å²) in [5.41, 5.74) is 1.60. The van der Waals surface area contributed by atoms with Crippen molar-refractivity contribution in [1.82, 2.24) is 14.8 Å². The zero-order chi connectivity index (χ0) is 17.9. The maximum atomic E-state index is 12.5. The fraction of sp³-hybridized carbons (Fsp3) is 0.211. The number of hydrogen-bond acceptors (Lipinski definition) is 6. The van der Waals surface area contributed by atoms with Crippen molar-refractivity contribution in [2.24, 2.45) is 7.05 Å². The Bertz CT molecular complexity index is 940. The Morgan fingerprint density at radius 1 is 1.08 bits per heavy atom. The number of benzene rings is 2. The number of rotatable bonds is 5. The van der Waals surface area contributed by atoms with Gasteiger partial charge in [-0.25, -0.2) is 0 Å². The Hall–Kier alpha value is -2.80. The van der Waals surface area contributed by atoms with Gasteiger partial charge >= 0.3 is 0 Å². The first-order valence-electron chi connectivity index (χ1n) is 8.23. The number of ether oxygens (including phenoxy) is 2. The number of fused-ring (bicyclic) bond motifs is 1. The number of carbonyl (C=O) groups excluding carboxylic acids is 1. The summed E-state index contributed by atoms with van der Waals surface area (Å²) in [6.45, 7) is 1.03. The van der Waals surface area contributed by atoms with Crippen LogP contribution >= 0.6 is 11.8 Å². The molecule has 0 amide bonds. The van der Waals surface area contributed by atoms with Crippen molar-refractivity contribution in [1.29, 1.82) is 0 Å². The molecule has 26 heavy (non-hydrogen) atoms. The van der Waals surface area contributed by atoms with Crippen LogP contribution in [0.2, 0.25) is 0 Å². The highest BCUT2D eigenvalue weighted by molar-refractivity contribution is 7.99. The third kappa shape index (κ3) is 3.30. The molecule has 0 saturated carbocycles. The minimum atomic E-state index is 0.0104. The molecule has 0 unspecified atom stereocenters. The molecule has 0 atom stereocenters. The third-order valence-corrected chi connectivity index (χ3v) is 5.08. The van der Waals surface area contributed by atoms with Crippen LogP contribution in [0.15, 0.2) is 53.7 Å². The first-order valence-corrected chi connectivity index (χ1v) is 9.21. The third-order valence-electron chi connectivity index (χ3n) is 4.06. The summed E-state index contributed by atoms with van der Waals surface area (Å²) in [5, 5.41) is 9.15. The molecule has 0 N–H and O–H groups in total. The van der Waals surface area contributed by atoms with Crippen molar-refractivity contribution in [2.75, 3.05) is 19.0 Å². The van der Waals surface area contributed by atoms with Crippen LogP contribution in [0.5, 0.6) is 11.5 Å². The summed E-state index contributed by atoms with van der Waals surface area (Å²) in [4.78, 5) is 12.5. The van der Waals surface area contributed by atoms with E-state index in [1.807, 2.05) is 41.9 Å². The summed E-state index contributed by atoms with van der Waals surface area (Å²) in [6.07, 6.45) is 0. The van der Waals surface area contributed by atoms with Gasteiger partial charge in [0.15, 0.2) is 28.3 Å². The molecule has 0 aliphatic carbocycles. The highest BCUT2D eigenvalue weighted by Crippen LogP contribution is 2.31. The average molecular weight is 367 g/mol. The van der Waals surface area contributed by atoms with Crippen molar-refractivity contribution >= 4 is 17.5 Å². The van der Waals surface area contributed by atoms with E-state index in [4.69, 9.17) is 9.47 Å². The Morgan fingerprint density at radius 3 is 2.65 bits per heavy atom. The van der Waals surface area contributed by atoms with E-state index in [0.29, 0.717) is 35.4 Å². The molecule has 6 nitrogen and oxygen atoms in total. The van der Waals surface area contributed by atoms with Crippen molar-refractivity contribution in [3.05, 3.63) is 54.1 Å². The lowest BCUT2D eigenvalue weighted by molar-refractivity contribution is 0.102. The number of ketones is 1. The molecule has 0 spiro atoms. The Kier molecular flexibility index (Phi) is 4.62. The molecule has 1 aliphatic heterocycles. The summed E-state index contributed by atoms with van der Waals surface area (Å²) >= 11 is 1.37. The lowest BCUT2D eigenvalue weighted by atomic mass is 10.1. The summed E-state index contributed by atoms with van der Waals surface area (Å²) in [5.74, 6) is 2.37. The van der Waals surface area contributed by atoms with E-state index < -0.39 is 0 Å². The molecule has 0 fully saturated rings. The lowest BCUT2D eigenvalue weighted by Crippen LogP contribution is -2.16. The van der Waals surface area contributed by atoms with Crippen LogP contribution in [0, 0.1) is 0 Å². The van der Waals surface area contributed by atoms with Crippen LogP contribution in [0.4, 0.5) is 0 Å². The first-order chi connectivity index (χ1) is 12.7. The number of Topliss-reactive ketones (excluding diaryl/α,β-unsaturated/α-hetero) is 1. The van der Waals surface area contributed by atoms with Gasteiger partial charge in [0.2, 0.25) is 0 Å². The van der Waals surface area contributed by atoms with Crippen LogP contribution in [0.1, 0.15) is 10.4 Å². The van der Waals surface area contributed by atoms with Gasteiger partial charge in [0, 0.05) is 18.2 Å². The summed E-state index contributed by atoms with van der Waals surface area (Å²) < 4.78 is 12.9. The second-order valence-electron chi connectivity index (χ2n) is 5.80. The predicted molar refractivity (Wildman–Crippen MR) is 98.9 cm³/mol. The standard InChI is InChI=1S/C19H17N3O3S/c1-22-18(13-5-3-2-4-6-13)20-21-19(22)26-12-15(23)14-7-8-16-17(11-14)25-10-9-24-16/h2-8,11H,9-10,12H2,1H3. The fourth-order valence-corrected chi connectivity index (χ4v) is 3.51. The largest absolute Gasteiger partial charge is 0.486 e. The minimum absolute atomic E-state index is 0.0104. The molecule has 3 aromatic rings. The zero-order valence-electron chi connectivity index (χ0n) is 14.2. The average Bonchev–Trinajstić information content (AvgIpc) is 3.07. The van der Waals surface area contributed by atoms with E-state index in [9.17, 15) is 4.79 Å². The molecule has 1 aliphatic rings. The van der Waals surface area contributed by atoms with E-state index >= 15 is 0 Å². The number of thioether (sulfide) groups is 1. The maximum absolute atomic E-state index is 12.5. The van der Waals surface area contributed by atoms with E-state index in [-0.39, 0.29) is 11.5 Å². The first kappa shape index (κ1) is 16.7. The van der Waals surface area contributed by atoms with Crippen LogP contribution in [-0.2, 0) is 7.05 Å². The Labute approximate surface area is 155 Å². The van der Waals surface area contributed by atoms with E-state index in [2.05, 4.69) is 10.2 Å². The quantitative estimate of drug-likeness (QED) is 0.510. The SMILES string of the molecule is Cn1c(SCC(=O)c2ccc3c(c2)OCCO3)nnc1-c1ccccc1. The van der Waals surface area contributed by atoms with Gasteiger partial charge < -0.3 is 14.0 Å². The van der Waals surface area contributed by atoms with Gasteiger partial charge in [-0.3, -0.25) is 4.79 Å². The summed E-state index contributed by atoms with van der Waals surface area (Å²) in [6, 6.07) is 15.1. The van der Waals surface area contributed by atoms with E-state index in [1.165, 1.54) is 11.8 Å². The predicted octanol–water partition coefficient (Wildman–Crippen LogP) is 3.23. The molecule has 0 radical (unpaired) electrons. The fourth-order valence-electron chi connectivity index (χ4n) is 2.71. The van der Waals surface area contributed by atoms with E-state index in [0.717, 1.165) is 11.4 Å². The maximum Gasteiger partial charge on any atom is 0.191 e. The van der Waals surface area contributed by atoms with Gasteiger partial charge in [-0.05, 0) is 18.2 Å². The number of carbonyl (C=O) groups is 1. The second-order valence-corrected chi connectivity index (χ2v) is 6.74. The molecule has 2 aromatic carbocycles. The smallest absolute Gasteiger partial charge is 0.191 e. The molecule has 2 heterocycles. The van der Waals surface area contributed by atoms with Crippen LogP contribution in [-0.4, -0.2) is 39.5 Å². The van der Waals surface area contributed by atoms with Gasteiger partial charge in [-0.15, -0.1) is 10.2 Å². The molecule has 132 valence electrons. The Balaban J connectivity index is 1.46. The van der Waals surface area contributed by atoms with E-state index in [1.54, 1.807) is 18.2 Å². The van der Waals surface area contributed by atoms with Crippen molar-refractivity contribution in [3.8, 4) is 22.9 Å². The van der Waals surface area contributed by atoms with Crippen molar-refractivity contribution in [3.63, 3.8) is 0 Å². The molecule has 1 aromatic heterocycles. The monoisotopic (exact) mass is 367 g/mol. The minimum Gasteiger partial charge on any atom is -0.486 e. The van der Waals surface area contributed by atoms with Gasteiger partial charge in [0.05, 0.1) is 5.75 Å². The topological polar surface area (TPSA) is 66.2 Å². The number of nitrogens with zero attached hydrogens (tertiary/aromatic N) is 3. The molecule has 0 bridgehead atoms. The Morgan fingerprint density at radius 2 is 1.85 bits per heavy atom. The van der Waals surface area contributed by atoms with Gasteiger partial charge in [0.1, 0.15) is 13.2 Å². The van der Waals surface area contributed by atoms with Gasteiger partial charge in [0.25, 0.3) is 0 Å². The van der Waals surface area contributed by atoms with Crippen LogP contribution in [0.3, 0.4) is 0 Å². The highest BCUT2D eigenvalue weighted by Gasteiger charge is 2.17. The molecule has 4 rings (SSSR count). The second kappa shape index (κ2) is 7.21. The van der Waals surface area contributed by atoms with Crippen molar-refractivity contribution < 1.29 is 14.3 Å². The normalized spacial score (nSPS) is 12.8. The molecular weight excluding hydrogens is 350 g/mol. The zero-order valence-corrected chi connectivity index (χ0v) is 15.0. The highest BCUT2D eigenvalue weighted by atomic mass is 32.2. The lowest BCUT2D eigenvalue weighted by Gasteiger charge is -2.18. The van der Waals surface area contributed by atoms with Crippen LogP contribution < -0.4 is 9.47 Å². The molecular formula is C19H17N3O3S. The van der Waals surface area contributed by atoms with Gasteiger partial charge in [-0.1, -0.05) is 42.1 Å². The van der Waals surface area contributed by atoms with Crippen LogP contribution in [0.25, 0.3) is 11.4 Å². The molecule has 7 heteroatoms. The molecule has 0 saturated heterocycles. The van der Waals surface area contributed by atoms with Gasteiger partial charge in [-0.2, -0.15) is 0 Å². The number of hydrogen-bond donors (Lipinski definition) is 0. The van der Waals surface area contributed by atoms with Crippen molar-refractivity contribution in [2.45, 2.75) is 5.16 Å². The number of aromatic nitrogens is 3.